The Kier molecular flexibility index (Phi) is 11.1. The highest BCUT2D eigenvalue weighted by atomic mass is 35.5. The summed E-state index contributed by atoms with van der Waals surface area (Å²) in [5.74, 6) is 0.136. The van der Waals surface area contributed by atoms with Gasteiger partial charge in [-0.15, -0.1) is 12.4 Å². The largest absolute Gasteiger partial charge is 0.353 e. The van der Waals surface area contributed by atoms with Crippen molar-refractivity contribution in [3.63, 3.8) is 0 Å². The van der Waals surface area contributed by atoms with Crippen molar-refractivity contribution in [1.29, 1.82) is 0 Å². The average Bonchev–Trinajstić information content (AvgIpc) is 2.44. The van der Waals surface area contributed by atoms with Crippen LogP contribution in [0.1, 0.15) is 44.6 Å². The van der Waals surface area contributed by atoms with Gasteiger partial charge in [0.15, 0.2) is 0 Å². The van der Waals surface area contributed by atoms with Gasteiger partial charge in [-0.25, -0.2) is 0 Å². The number of hydrogen-bond donors (Lipinski definition) is 2. The lowest BCUT2D eigenvalue weighted by molar-refractivity contribution is -0.121. The first-order chi connectivity index (χ1) is 9.26. The van der Waals surface area contributed by atoms with Gasteiger partial charge in [-0.2, -0.15) is 0 Å². The Labute approximate surface area is 128 Å². The molecule has 0 aromatic heterocycles. The summed E-state index contributed by atoms with van der Waals surface area (Å²) in [7, 11) is 0. The van der Waals surface area contributed by atoms with E-state index in [0.29, 0.717) is 13.0 Å². The Morgan fingerprint density at radius 3 is 2.55 bits per heavy atom. The molecule has 1 rings (SSSR count). The lowest BCUT2D eigenvalue weighted by Gasteiger charge is -2.18. The van der Waals surface area contributed by atoms with Crippen molar-refractivity contribution in [2.75, 3.05) is 6.54 Å². The molecular formula is C16H27ClN2O. The zero-order chi connectivity index (χ0) is 13.9. The van der Waals surface area contributed by atoms with Crippen LogP contribution in [0, 0.1) is 0 Å². The molecule has 0 spiro atoms. The highest BCUT2D eigenvalue weighted by molar-refractivity contribution is 5.85. The Morgan fingerprint density at radius 2 is 1.95 bits per heavy atom. The molecule has 0 heterocycles. The van der Waals surface area contributed by atoms with Crippen LogP contribution < -0.4 is 11.1 Å². The van der Waals surface area contributed by atoms with Gasteiger partial charge in [-0.05, 0) is 37.8 Å². The summed E-state index contributed by atoms with van der Waals surface area (Å²) in [5.41, 5.74) is 6.75. The second-order valence-electron chi connectivity index (χ2n) is 4.97. The number of nitrogens with two attached hydrogens (primary N) is 1. The minimum Gasteiger partial charge on any atom is -0.353 e. The lowest BCUT2D eigenvalue weighted by atomic mass is 10.0. The molecule has 1 aromatic rings. The Balaban J connectivity index is 0.00000361. The zero-order valence-electron chi connectivity index (χ0n) is 12.3. The first kappa shape index (κ1) is 18.9. The predicted molar refractivity (Wildman–Crippen MR) is 87.1 cm³/mol. The van der Waals surface area contributed by atoms with E-state index in [2.05, 4.69) is 36.5 Å². The number of halogens is 1. The molecule has 4 heteroatoms. The molecule has 1 amide bonds. The molecule has 3 nitrogen and oxygen atoms in total. The number of benzene rings is 1. The number of nitrogens with one attached hydrogen (secondary N) is 1. The monoisotopic (exact) mass is 298 g/mol. The second-order valence-corrected chi connectivity index (χ2v) is 4.97. The molecule has 3 N–H and O–H groups in total. The summed E-state index contributed by atoms with van der Waals surface area (Å²) in [6, 6.07) is 10.7. The van der Waals surface area contributed by atoms with E-state index in [0.717, 1.165) is 32.1 Å². The third-order valence-corrected chi connectivity index (χ3v) is 3.23. The second kappa shape index (κ2) is 11.7. The molecule has 1 atom stereocenters. The van der Waals surface area contributed by atoms with Crippen molar-refractivity contribution in [3.8, 4) is 0 Å². The molecule has 0 aliphatic rings. The van der Waals surface area contributed by atoms with E-state index in [1.54, 1.807) is 0 Å². The van der Waals surface area contributed by atoms with E-state index >= 15 is 0 Å². The van der Waals surface area contributed by atoms with Gasteiger partial charge < -0.3 is 11.1 Å². The molecule has 20 heavy (non-hydrogen) atoms. The van der Waals surface area contributed by atoms with E-state index < -0.39 is 0 Å². The SMILES string of the molecule is CCCC(CCc1ccccc1)NC(=O)CCCN.Cl. The number of aryl methyl sites for hydroxylation is 1. The molecule has 1 unspecified atom stereocenters. The fourth-order valence-corrected chi connectivity index (χ4v) is 2.19. The summed E-state index contributed by atoms with van der Waals surface area (Å²) in [4.78, 5) is 11.7. The van der Waals surface area contributed by atoms with Crippen LogP contribution in [0.3, 0.4) is 0 Å². The van der Waals surface area contributed by atoms with Gasteiger partial charge in [0.2, 0.25) is 5.91 Å². The van der Waals surface area contributed by atoms with Crippen LogP contribution in [0.2, 0.25) is 0 Å². The summed E-state index contributed by atoms with van der Waals surface area (Å²) < 4.78 is 0. The standard InChI is InChI=1S/C16H26N2O.ClH/c1-2-7-15(18-16(19)10-6-13-17)12-11-14-8-4-3-5-9-14;/h3-5,8-9,15H,2,6-7,10-13,17H2,1H3,(H,18,19);1H. The molecule has 0 saturated heterocycles. The quantitative estimate of drug-likeness (QED) is 0.736. The minimum absolute atomic E-state index is 0. The number of amides is 1. The van der Waals surface area contributed by atoms with Gasteiger partial charge >= 0.3 is 0 Å². The lowest BCUT2D eigenvalue weighted by Crippen LogP contribution is -2.35. The average molecular weight is 299 g/mol. The number of rotatable bonds is 9. The van der Waals surface area contributed by atoms with E-state index in [-0.39, 0.29) is 24.4 Å². The molecule has 0 radical (unpaired) electrons. The van der Waals surface area contributed by atoms with Crippen molar-refractivity contribution < 1.29 is 4.79 Å². The van der Waals surface area contributed by atoms with E-state index in [4.69, 9.17) is 5.73 Å². The van der Waals surface area contributed by atoms with E-state index in [1.807, 2.05) is 6.07 Å². The fraction of sp³-hybridized carbons (Fsp3) is 0.562. The van der Waals surface area contributed by atoms with Gasteiger partial charge in [0.05, 0.1) is 0 Å². The molecule has 0 aliphatic carbocycles. The highest BCUT2D eigenvalue weighted by Crippen LogP contribution is 2.09. The van der Waals surface area contributed by atoms with Crippen molar-refractivity contribution in [2.24, 2.45) is 5.73 Å². The minimum atomic E-state index is 0. The summed E-state index contributed by atoms with van der Waals surface area (Å²) in [6.45, 7) is 2.73. The Hall–Kier alpha value is -1.06. The maximum Gasteiger partial charge on any atom is 0.220 e. The molecule has 0 fully saturated rings. The van der Waals surface area contributed by atoms with Gasteiger partial charge in [-0.1, -0.05) is 43.7 Å². The maximum absolute atomic E-state index is 11.7. The maximum atomic E-state index is 11.7. The van der Waals surface area contributed by atoms with Crippen molar-refractivity contribution in [2.45, 2.75) is 51.5 Å². The molecular weight excluding hydrogens is 272 g/mol. The summed E-state index contributed by atoms with van der Waals surface area (Å²) in [5, 5.41) is 3.13. The van der Waals surface area contributed by atoms with Crippen LogP contribution in [-0.2, 0) is 11.2 Å². The van der Waals surface area contributed by atoms with Gasteiger partial charge in [0.1, 0.15) is 0 Å². The number of carbonyl (C=O) groups excluding carboxylic acids is 1. The fourth-order valence-electron chi connectivity index (χ4n) is 2.19. The van der Waals surface area contributed by atoms with Crippen LogP contribution in [-0.4, -0.2) is 18.5 Å². The molecule has 0 saturated carbocycles. The number of carbonyl (C=O) groups is 1. The van der Waals surface area contributed by atoms with Gasteiger partial charge in [0.25, 0.3) is 0 Å². The smallest absolute Gasteiger partial charge is 0.220 e. The van der Waals surface area contributed by atoms with Gasteiger partial charge in [0, 0.05) is 12.5 Å². The van der Waals surface area contributed by atoms with E-state index in [1.165, 1.54) is 5.56 Å². The van der Waals surface area contributed by atoms with Crippen LogP contribution in [0.4, 0.5) is 0 Å². The van der Waals surface area contributed by atoms with Crippen LogP contribution in [0.5, 0.6) is 0 Å². The van der Waals surface area contributed by atoms with Crippen LogP contribution >= 0.6 is 12.4 Å². The Morgan fingerprint density at radius 1 is 1.25 bits per heavy atom. The predicted octanol–water partition coefficient (Wildman–Crippen LogP) is 3.06. The Bertz CT molecular complexity index is 357. The van der Waals surface area contributed by atoms with Crippen LogP contribution in [0.25, 0.3) is 0 Å². The summed E-state index contributed by atoms with van der Waals surface area (Å²) >= 11 is 0. The van der Waals surface area contributed by atoms with Crippen molar-refractivity contribution in [1.82, 2.24) is 5.32 Å². The molecule has 1 aromatic carbocycles. The summed E-state index contributed by atoms with van der Waals surface area (Å²) in [6.07, 6.45) is 5.47. The first-order valence-electron chi connectivity index (χ1n) is 7.29. The van der Waals surface area contributed by atoms with Crippen LogP contribution in [0.15, 0.2) is 30.3 Å². The molecule has 0 aliphatic heterocycles. The third-order valence-electron chi connectivity index (χ3n) is 3.23. The van der Waals surface area contributed by atoms with Gasteiger partial charge in [-0.3, -0.25) is 4.79 Å². The topological polar surface area (TPSA) is 55.1 Å². The zero-order valence-corrected chi connectivity index (χ0v) is 13.1. The van der Waals surface area contributed by atoms with Crippen molar-refractivity contribution in [3.05, 3.63) is 35.9 Å². The van der Waals surface area contributed by atoms with E-state index in [9.17, 15) is 4.79 Å². The normalized spacial score (nSPS) is 11.5. The third kappa shape index (κ3) is 8.18. The molecule has 114 valence electrons. The highest BCUT2D eigenvalue weighted by Gasteiger charge is 2.11. The van der Waals surface area contributed by atoms with Crippen molar-refractivity contribution >= 4 is 18.3 Å². The molecule has 0 bridgehead atoms. The first-order valence-corrected chi connectivity index (χ1v) is 7.29. The number of hydrogen-bond acceptors (Lipinski definition) is 2.